The molecule has 0 aromatic rings. The molecule has 1 fully saturated rings. The maximum atomic E-state index is 11.1. The fraction of sp³-hybridized carbons (Fsp3) is 0.857. The van der Waals surface area contributed by atoms with Crippen molar-refractivity contribution in [2.45, 2.75) is 13.3 Å². The van der Waals surface area contributed by atoms with Crippen LogP contribution in [-0.2, 0) is 9.53 Å². The number of carbonyl (C=O) groups excluding carboxylic acids is 1. The second-order valence-corrected chi connectivity index (χ2v) is 2.99. The fourth-order valence-electron chi connectivity index (χ4n) is 1.13. The molecular weight excluding hydrogens is 130 g/mol. The summed E-state index contributed by atoms with van der Waals surface area (Å²) >= 11 is 0. The van der Waals surface area contributed by atoms with Crippen molar-refractivity contribution in [1.82, 2.24) is 0 Å². The van der Waals surface area contributed by atoms with Gasteiger partial charge >= 0.3 is 0 Å². The summed E-state index contributed by atoms with van der Waals surface area (Å²) in [5.41, 5.74) is 4.95. The molecule has 3 heteroatoms. The highest BCUT2D eigenvalue weighted by Gasteiger charge is 2.35. The average Bonchev–Trinajstić information content (AvgIpc) is 2.36. The van der Waals surface area contributed by atoms with Crippen LogP contribution < -0.4 is 5.73 Å². The van der Waals surface area contributed by atoms with E-state index >= 15 is 0 Å². The van der Waals surface area contributed by atoms with E-state index in [0.29, 0.717) is 13.2 Å². The van der Waals surface area contributed by atoms with E-state index in [1.54, 1.807) is 0 Å². The Kier molecular flexibility index (Phi) is 2.06. The van der Waals surface area contributed by atoms with Crippen molar-refractivity contribution in [3.8, 4) is 0 Å². The molecule has 1 aliphatic heterocycles. The van der Waals surface area contributed by atoms with Crippen molar-refractivity contribution in [2.24, 2.45) is 11.1 Å². The Bertz CT molecular complexity index is 139. The van der Waals surface area contributed by atoms with Crippen molar-refractivity contribution in [1.29, 1.82) is 0 Å². The highest BCUT2D eigenvalue weighted by molar-refractivity contribution is 5.86. The summed E-state index contributed by atoms with van der Waals surface area (Å²) < 4.78 is 5.11. The van der Waals surface area contributed by atoms with Crippen LogP contribution in [0.3, 0.4) is 0 Å². The Morgan fingerprint density at radius 2 is 2.50 bits per heavy atom. The number of hydrogen-bond acceptors (Lipinski definition) is 3. The van der Waals surface area contributed by atoms with E-state index in [0.717, 1.165) is 6.42 Å². The molecule has 1 unspecified atom stereocenters. The number of rotatable bonds is 2. The predicted molar refractivity (Wildman–Crippen MR) is 37.6 cm³/mol. The van der Waals surface area contributed by atoms with Gasteiger partial charge in [-0.05, 0) is 6.42 Å². The third-order valence-corrected chi connectivity index (χ3v) is 2.08. The second kappa shape index (κ2) is 2.68. The van der Waals surface area contributed by atoms with E-state index in [9.17, 15) is 4.79 Å². The summed E-state index contributed by atoms with van der Waals surface area (Å²) in [5, 5.41) is 0. The molecule has 0 amide bonds. The number of nitrogens with two attached hydrogens (primary N) is 1. The highest BCUT2D eigenvalue weighted by Crippen LogP contribution is 2.28. The summed E-state index contributed by atoms with van der Waals surface area (Å²) in [7, 11) is 0. The molecule has 1 saturated heterocycles. The monoisotopic (exact) mass is 143 g/mol. The first-order valence-corrected chi connectivity index (χ1v) is 3.50. The highest BCUT2D eigenvalue weighted by atomic mass is 16.5. The van der Waals surface area contributed by atoms with Gasteiger partial charge in [-0.2, -0.15) is 0 Å². The molecule has 58 valence electrons. The third kappa shape index (κ3) is 1.20. The molecule has 0 aliphatic carbocycles. The lowest BCUT2D eigenvalue weighted by Crippen LogP contribution is -2.33. The summed E-state index contributed by atoms with van der Waals surface area (Å²) in [6, 6.07) is 0. The van der Waals surface area contributed by atoms with Crippen LogP contribution in [0.2, 0.25) is 0 Å². The lowest BCUT2D eigenvalue weighted by molar-refractivity contribution is -0.126. The Morgan fingerprint density at radius 3 is 2.90 bits per heavy atom. The molecule has 2 N–H and O–H groups in total. The van der Waals surface area contributed by atoms with Crippen molar-refractivity contribution < 1.29 is 9.53 Å². The number of ketones is 1. The van der Waals surface area contributed by atoms with Crippen LogP contribution in [0.5, 0.6) is 0 Å². The van der Waals surface area contributed by atoms with Crippen LogP contribution in [0.15, 0.2) is 0 Å². The van der Waals surface area contributed by atoms with Gasteiger partial charge in [0, 0.05) is 6.61 Å². The molecule has 3 nitrogen and oxygen atoms in total. The molecule has 1 aliphatic rings. The Hall–Kier alpha value is -0.410. The number of Topliss-reactive ketones (excluding diaryl/α,β-unsaturated/α-hetero) is 1. The molecule has 1 atom stereocenters. The fourth-order valence-corrected chi connectivity index (χ4v) is 1.13. The molecule has 1 rings (SSSR count). The zero-order valence-electron chi connectivity index (χ0n) is 6.22. The van der Waals surface area contributed by atoms with Crippen LogP contribution in [0, 0.1) is 5.41 Å². The molecule has 0 bridgehead atoms. The predicted octanol–water partition coefficient (Wildman–Crippen LogP) is -0.0592. The van der Waals surface area contributed by atoms with Gasteiger partial charge in [-0.25, -0.2) is 0 Å². The number of carbonyl (C=O) groups is 1. The molecular formula is C7H13NO2. The average molecular weight is 143 g/mol. The SMILES string of the molecule is CC1(C(=O)CN)CCOC1. The number of ether oxygens (including phenoxy) is 1. The van der Waals surface area contributed by atoms with E-state index in [2.05, 4.69) is 0 Å². The van der Waals surface area contributed by atoms with Gasteiger partial charge in [0.2, 0.25) is 0 Å². The van der Waals surface area contributed by atoms with Crippen molar-refractivity contribution in [3.05, 3.63) is 0 Å². The van der Waals surface area contributed by atoms with Crippen molar-refractivity contribution in [3.63, 3.8) is 0 Å². The molecule has 0 aromatic carbocycles. The van der Waals surface area contributed by atoms with Gasteiger partial charge in [-0.15, -0.1) is 0 Å². The molecule has 0 radical (unpaired) electrons. The van der Waals surface area contributed by atoms with Gasteiger partial charge in [0.25, 0.3) is 0 Å². The molecule has 0 saturated carbocycles. The zero-order valence-corrected chi connectivity index (χ0v) is 6.22. The van der Waals surface area contributed by atoms with Crippen LogP contribution in [0.4, 0.5) is 0 Å². The second-order valence-electron chi connectivity index (χ2n) is 2.99. The maximum absolute atomic E-state index is 11.1. The van der Waals surface area contributed by atoms with E-state index in [4.69, 9.17) is 10.5 Å². The number of hydrogen-bond donors (Lipinski definition) is 1. The summed E-state index contributed by atoms with van der Waals surface area (Å²) in [5.74, 6) is 0.116. The van der Waals surface area contributed by atoms with E-state index in [-0.39, 0.29) is 17.7 Å². The Balaban J connectivity index is 2.58. The minimum absolute atomic E-state index is 0.116. The first-order chi connectivity index (χ1) is 4.69. The lowest BCUT2D eigenvalue weighted by atomic mass is 9.85. The molecule has 0 spiro atoms. The molecule has 1 heterocycles. The van der Waals surface area contributed by atoms with Crippen LogP contribution in [0.1, 0.15) is 13.3 Å². The van der Waals surface area contributed by atoms with E-state index < -0.39 is 0 Å². The normalized spacial score (nSPS) is 32.6. The summed E-state index contributed by atoms with van der Waals surface area (Å²) in [6.45, 7) is 3.29. The summed E-state index contributed by atoms with van der Waals surface area (Å²) in [6.07, 6.45) is 0.822. The third-order valence-electron chi connectivity index (χ3n) is 2.08. The van der Waals surface area contributed by atoms with Crippen molar-refractivity contribution >= 4 is 5.78 Å². The first-order valence-electron chi connectivity index (χ1n) is 3.50. The van der Waals surface area contributed by atoms with Gasteiger partial charge in [0.15, 0.2) is 5.78 Å². The Labute approximate surface area is 60.5 Å². The topological polar surface area (TPSA) is 52.3 Å². The van der Waals surface area contributed by atoms with Gasteiger partial charge in [0.05, 0.1) is 18.6 Å². The van der Waals surface area contributed by atoms with Crippen LogP contribution in [0.25, 0.3) is 0 Å². The standard InChI is InChI=1S/C7H13NO2/c1-7(6(9)4-8)2-3-10-5-7/h2-5,8H2,1H3. The smallest absolute Gasteiger partial charge is 0.154 e. The van der Waals surface area contributed by atoms with Gasteiger partial charge in [-0.1, -0.05) is 6.92 Å². The zero-order chi connectivity index (χ0) is 7.61. The van der Waals surface area contributed by atoms with Crippen molar-refractivity contribution in [2.75, 3.05) is 19.8 Å². The van der Waals surface area contributed by atoms with Gasteiger partial charge < -0.3 is 10.5 Å². The lowest BCUT2D eigenvalue weighted by Gasteiger charge is -2.17. The van der Waals surface area contributed by atoms with Gasteiger partial charge in [0.1, 0.15) is 0 Å². The molecule has 10 heavy (non-hydrogen) atoms. The largest absolute Gasteiger partial charge is 0.380 e. The maximum Gasteiger partial charge on any atom is 0.154 e. The minimum atomic E-state index is -0.283. The quantitative estimate of drug-likeness (QED) is 0.589. The first kappa shape index (κ1) is 7.69. The summed E-state index contributed by atoms with van der Waals surface area (Å²) in [4.78, 5) is 11.1. The van der Waals surface area contributed by atoms with Crippen LogP contribution in [-0.4, -0.2) is 25.5 Å². The van der Waals surface area contributed by atoms with Gasteiger partial charge in [-0.3, -0.25) is 4.79 Å². The van der Waals surface area contributed by atoms with E-state index in [1.165, 1.54) is 0 Å². The van der Waals surface area contributed by atoms with Crippen LogP contribution >= 0.6 is 0 Å². The minimum Gasteiger partial charge on any atom is -0.380 e. The molecule has 0 aromatic heterocycles. The Morgan fingerprint density at radius 1 is 1.80 bits per heavy atom. The van der Waals surface area contributed by atoms with E-state index in [1.807, 2.05) is 6.92 Å².